The van der Waals surface area contributed by atoms with Crippen LogP contribution in [0.3, 0.4) is 0 Å². The summed E-state index contributed by atoms with van der Waals surface area (Å²) < 4.78 is 0. The normalized spacial score (nSPS) is 3.12. The third-order valence-electron chi connectivity index (χ3n) is 0. The number of rotatable bonds is 0. The summed E-state index contributed by atoms with van der Waals surface area (Å²) >= 11 is 0. The molecule has 0 aliphatic heterocycles. The summed E-state index contributed by atoms with van der Waals surface area (Å²) in [6.07, 6.45) is 0. The van der Waals surface area contributed by atoms with Crippen molar-refractivity contribution in [3.63, 3.8) is 0 Å². The molecule has 0 atom stereocenters. The molecule has 0 aromatic carbocycles. The number of hydrogen-bond donors (Lipinski definition) is 1. The maximum absolute atomic E-state index is 9.00. The molecule has 0 aliphatic carbocycles. The first-order chi connectivity index (χ1) is 1.73. The van der Waals surface area contributed by atoms with Gasteiger partial charge in [0.25, 0.3) is 5.97 Å². The molecule has 0 saturated heterocycles. The Labute approximate surface area is 62.8 Å². The van der Waals surface area contributed by atoms with Crippen molar-refractivity contribution in [2.45, 2.75) is 6.92 Å². The second-order valence-corrected chi connectivity index (χ2v) is 0.519. The molecule has 0 heterocycles. The third-order valence-corrected chi connectivity index (χ3v) is 0. The van der Waals surface area contributed by atoms with Gasteiger partial charge >= 0.3 is 23.1 Å². The molecule has 0 aliphatic rings. The lowest BCUT2D eigenvalue weighted by Crippen LogP contribution is -1.78. The van der Waals surface area contributed by atoms with Crippen LogP contribution in [-0.4, -0.2) is 50.6 Å². The molecule has 0 bridgehead atoms. The molecule has 0 saturated carbocycles. The van der Waals surface area contributed by atoms with Crippen LogP contribution in [0.1, 0.15) is 6.92 Å². The molecule has 0 unspecified atom stereocenters. The van der Waals surface area contributed by atoms with Gasteiger partial charge in [-0.1, -0.05) is 0 Å². The first-order valence-corrected chi connectivity index (χ1v) is 0.928. The fourth-order valence-electron chi connectivity index (χ4n) is 0. The largest absolute Gasteiger partial charge is 0.481 e. The van der Waals surface area contributed by atoms with Crippen molar-refractivity contribution in [1.29, 1.82) is 0 Å². The Morgan fingerprint density at radius 1 is 1.25 bits per heavy atom. The number of hydrogen-bond acceptors (Lipinski definition) is 1. The fraction of sp³-hybridized carbons (Fsp3) is 0.500. The molecular weight excluding hydrogens is 128 g/mol. The van der Waals surface area contributed by atoms with Crippen LogP contribution in [0.25, 0.3) is 0 Å². The minimum absolute atomic E-state index is 0. The van der Waals surface area contributed by atoms with Crippen LogP contribution in [-0.2, 0) is 4.79 Å². The van der Waals surface area contributed by atoms with E-state index < -0.39 is 5.97 Å². The summed E-state index contributed by atoms with van der Waals surface area (Å²) in [5.41, 5.74) is 0. The molecule has 0 rings (SSSR count). The molecule has 0 fully saturated rings. The summed E-state index contributed by atoms with van der Waals surface area (Å²) in [6, 6.07) is 0. The van der Waals surface area contributed by atoms with E-state index in [4.69, 9.17) is 9.90 Å². The van der Waals surface area contributed by atoms with Crippen LogP contribution >= 0.6 is 0 Å². The van der Waals surface area contributed by atoms with Crippen molar-refractivity contribution < 1.29 is 26.3 Å². The van der Waals surface area contributed by atoms with E-state index in [1.807, 2.05) is 0 Å². The minimum Gasteiger partial charge on any atom is -0.481 e. The average molecular weight is 140 g/mol. The zero-order valence-electron chi connectivity index (χ0n) is 3.86. The van der Waals surface area contributed by atoms with Crippen molar-refractivity contribution >= 4 is 29.0 Å². The Hall–Kier alpha value is 0.116. The maximum atomic E-state index is 9.00. The lowest BCUT2D eigenvalue weighted by Gasteiger charge is -1.59. The Morgan fingerprint density at radius 3 is 1.25 bits per heavy atom. The van der Waals surface area contributed by atoms with Crippen LogP contribution in [0.15, 0.2) is 0 Å². The second kappa shape index (κ2) is 27.4. The summed E-state index contributed by atoms with van der Waals surface area (Å²) in [5, 5.41) is 7.42. The van der Waals surface area contributed by atoms with Crippen molar-refractivity contribution in [3.8, 4) is 0 Å². The molecular formula is C2H12MgO5. The van der Waals surface area contributed by atoms with Gasteiger partial charge in [-0.3, -0.25) is 4.79 Å². The van der Waals surface area contributed by atoms with E-state index in [2.05, 4.69) is 0 Å². The molecule has 0 spiro atoms. The first kappa shape index (κ1) is 42.3. The molecule has 0 aromatic heterocycles. The standard InChI is InChI=1S/C2H4O2.Mg.3H2O.2H/c1-2(3)4;;;;;;/h1H3,(H,3,4);;3*1H2;;. The fourth-order valence-corrected chi connectivity index (χ4v) is 0. The van der Waals surface area contributed by atoms with Gasteiger partial charge in [-0.15, -0.1) is 0 Å². The lowest BCUT2D eigenvalue weighted by atomic mass is 10.9. The summed E-state index contributed by atoms with van der Waals surface area (Å²) in [6.45, 7) is 1.08. The Bertz CT molecular complexity index is 33.4. The Kier molecular flexibility index (Phi) is 145. The molecule has 7 N–H and O–H groups in total. The lowest BCUT2D eigenvalue weighted by molar-refractivity contribution is -0.134. The number of aliphatic carboxylic acids is 1. The van der Waals surface area contributed by atoms with Crippen LogP contribution in [0.4, 0.5) is 0 Å². The smallest absolute Gasteiger partial charge is 0.316 e. The molecule has 6 heteroatoms. The number of carboxylic acids is 1. The van der Waals surface area contributed by atoms with Gasteiger partial charge in [-0.2, -0.15) is 0 Å². The van der Waals surface area contributed by atoms with Gasteiger partial charge in [-0.05, 0) is 0 Å². The summed E-state index contributed by atoms with van der Waals surface area (Å²) in [5.74, 6) is -0.833. The van der Waals surface area contributed by atoms with E-state index in [9.17, 15) is 0 Å². The molecule has 0 radical (unpaired) electrons. The SMILES string of the molecule is CC(=O)O.O.O.O.[MgH2]. The summed E-state index contributed by atoms with van der Waals surface area (Å²) in [7, 11) is 0. The van der Waals surface area contributed by atoms with Gasteiger partial charge < -0.3 is 21.5 Å². The number of carbonyl (C=O) groups is 1. The minimum atomic E-state index is -0.833. The Balaban J connectivity index is -0.00000000750. The highest BCUT2D eigenvalue weighted by atomic mass is 24.3. The van der Waals surface area contributed by atoms with E-state index in [-0.39, 0.29) is 39.5 Å². The van der Waals surface area contributed by atoms with Gasteiger partial charge in [0.1, 0.15) is 0 Å². The van der Waals surface area contributed by atoms with E-state index in [1.165, 1.54) is 0 Å². The van der Waals surface area contributed by atoms with Crippen molar-refractivity contribution in [2.75, 3.05) is 0 Å². The van der Waals surface area contributed by atoms with Crippen LogP contribution in [0.5, 0.6) is 0 Å². The molecule has 5 nitrogen and oxygen atoms in total. The van der Waals surface area contributed by atoms with Crippen molar-refractivity contribution in [2.24, 2.45) is 0 Å². The number of carboxylic acid groups (broad SMARTS) is 1. The van der Waals surface area contributed by atoms with E-state index in [1.54, 1.807) is 0 Å². The van der Waals surface area contributed by atoms with Gasteiger partial charge in [0.2, 0.25) is 0 Å². The second-order valence-electron chi connectivity index (χ2n) is 0.519. The van der Waals surface area contributed by atoms with Crippen molar-refractivity contribution in [3.05, 3.63) is 0 Å². The van der Waals surface area contributed by atoms with Gasteiger partial charge in [0.05, 0.1) is 0 Å². The highest BCUT2D eigenvalue weighted by molar-refractivity contribution is 5.75. The predicted octanol–water partition coefficient (Wildman–Crippen LogP) is -3.30. The van der Waals surface area contributed by atoms with E-state index in [0.29, 0.717) is 0 Å². The topological polar surface area (TPSA) is 132 Å². The molecule has 0 amide bonds. The zero-order valence-corrected chi connectivity index (χ0v) is 3.86. The van der Waals surface area contributed by atoms with E-state index >= 15 is 0 Å². The van der Waals surface area contributed by atoms with Gasteiger partial charge in [0.15, 0.2) is 0 Å². The summed E-state index contributed by atoms with van der Waals surface area (Å²) in [4.78, 5) is 9.00. The molecule has 0 aromatic rings. The zero-order chi connectivity index (χ0) is 3.58. The van der Waals surface area contributed by atoms with Crippen LogP contribution < -0.4 is 0 Å². The monoisotopic (exact) mass is 140 g/mol. The average Bonchev–Trinajstić information content (AvgIpc) is 0.811. The maximum Gasteiger partial charge on any atom is 0.316 e. The Morgan fingerprint density at radius 2 is 1.25 bits per heavy atom. The predicted molar refractivity (Wildman–Crippen MR) is 32.7 cm³/mol. The van der Waals surface area contributed by atoms with Crippen LogP contribution in [0, 0.1) is 0 Å². The highest BCUT2D eigenvalue weighted by Crippen LogP contribution is 1.42. The van der Waals surface area contributed by atoms with Gasteiger partial charge in [-0.25, -0.2) is 0 Å². The molecule has 8 heavy (non-hydrogen) atoms. The first-order valence-electron chi connectivity index (χ1n) is 0.928. The molecule has 52 valence electrons. The van der Waals surface area contributed by atoms with E-state index in [0.717, 1.165) is 6.92 Å². The third kappa shape index (κ3) is 11900. The van der Waals surface area contributed by atoms with Crippen LogP contribution in [0.2, 0.25) is 0 Å². The van der Waals surface area contributed by atoms with Gasteiger partial charge in [0, 0.05) is 6.92 Å². The van der Waals surface area contributed by atoms with Crippen molar-refractivity contribution in [1.82, 2.24) is 0 Å². The quantitative estimate of drug-likeness (QED) is 0.353. The highest BCUT2D eigenvalue weighted by Gasteiger charge is 1.65.